The highest BCUT2D eigenvalue weighted by atomic mass is 79.9. The van der Waals surface area contributed by atoms with Crippen molar-refractivity contribution in [1.82, 2.24) is 40.4 Å². The molecule has 0 aliphatic carbocycles. The van der Waals surface area contributed by atoms with Crippen LogP contribution in [-0.2, 0) is 9.68 Å². The van der Waals surface area contributed by atoms with Gasteiger partial charge in [0, 0.05) is 37.2 Å². The van der Waals surface area contributed by atoms with Crippen LogP contribution >= 0.6 is 38.6 Å². The average molecular weight is 936 g/mol. The molecule has 17 heteroatoms. The lowest BCUT2D eigenvalue weighted by atomic mass is 10.1. The number of ether oxygens (including phenoxy) is 2. The lowest BCUT2D eigenvalue weighted by molar-refractivity contribution is 0.0626. The van der Waals surface area contributed by atoms with Crippen molar-refractivity contribution < 1.29 is 19.1 Å². The number of aryl methyl sites for hydroxylation is 4. The quantitative estimate of drug-likeness (QED) is 0.141. The number of halogens is 1. The topological polar surface area (TPSA) is 158 Å². The maximum atomic E-state index is 5.68. The Morgan fingerprint density at radius 2 is 1.27 bits per heavy atom. The number of H-pyrrole nitrogens is 1. The Balaban J connectivity index is 0.000000164. The molecule has 0 spiro atoms. The predicted molar refractivity (Wildman–Crippen MR) is 251 cm³/mol. The van der Waals surface area contributed by atoms with Gasteiger partial charge in [0.2, 0.25) is 11.8 Å². The van der Waals surface area contributed by atoms with Crippen LogP contribution in [0.15, 0.2) is 112 Å². The number of benzene rings is 2. The van der Waals surface area contributed by atoms with Gasteiger partial charge in [-0.2, -0.15) is 0 Å². The second-order valence-corrected chi connectivity index (χ2v) is 17.1. The van der Waals surface area contributed by atoms with Crippen LogP contribution in [0.25, 0.3) is 25.9 Å². The largest absolute Gasteiger partial charge is 0.480 e. The van der Waals surface area contributed by atoms with E-state index in [1.807, 2.05) is 48.9 Å². The Morgan fingerprint density at radius 3 is 1.74 bits per heavy atom. The molecule has 2 atom stereocenters. The first-order valence-corrected chi connectivity index (χ1v) is 21.7. The normalized spacial score (nSPS) is 15.7. The van der Waals surface area contributed by atoms with Gasteiger partial charge in [0.1, 0.15) is 42.4 Å². The number of nitrogens with one attached hydrogen (secondary N) is 3. The molecule has 0 saturated heterocycles. The monoisotopic (exact) mass is 934 g/mol. The van der Waals surface area contributed by atoms with Gasteiger partial charge in [-0.05, 0) is 102 Å². The Hall–Kier alpha value is -5.98. The molecule has 0 saturated carbocycles. The molecule has 8 aromatic rings. The molecule has 8 heterocycles. The molecule has 2 unspecified atom stereocenters. The fraction of sp³-hybridized carbons (Fsp3) is 0.244. The average Bonchev–Trinajstić information content (AvgIpc) is 4.11. The van der Waals surface area contributed by atoms with Gasteiger partial charge in [-0.25, -0.2) is 30.9 Å². The van der Waals surface area contributed by atoms with Crippen molar-refractivity contribution in [2.45, 2.75) is 47.2 Å². The maximum Gasteiger partial charge on any atom is 0.238 e. The Bertz CT molecular complexity index is 2850. The molecule has 2 aromatic carbocycles. The standard InChI is InChI=1S/C22H21N5O2S.C18H16BrN3O2S.C4H6N2.CH4/c1-13-10-27(12-23-13)18-9-8-16(25-22(18)28-3)21-24-17(11-29-26-21)20-14(2)15-6-4-5-7-19(15)30-20;1-10-11-5-3-4-6-15(11)25-16(10)14-9-24-22-17(20-14)13-8-7-12(19)18(21-13)23-2;1-4-2-5-3-6-4;/h4-10,12,17H,11H2,1-3H3,(H,24,26);3-8,14H,9H2,1-2H3,(H,20,22);2-3H,1H3,(H,5,6);1H4. The molecular weight excluding hydrogens is 889 g/mol. The van der Waals surface area contributed by atoms with Gasteiger partial charge in [0.25, 0.3) is 0 Å². The van der Waals surface area contributed by atoms with E-state index < -0.39 is 0 Å². The summed E-state index contributed by atoms with van der Waals surface area (Å²) in [4.78, 5) is 43.5. The van der Waals surface area contributed by atoms with E-state index in [0.29, 0.717) is 48.0 Å². The summed E-state index contributed by atoms with van der Waals surface area (Å²) >= 11 is 6.95. The van der Waals surface area contributed by atoms with Crippen molar-refractivity contribution in [3.8, 4) is 17.4 Å². The molecule has 0 bridgehead atoms. The fourth-order valence-corrected chi connectivity index (χ4v) is 9.68. The number of nitrogens with zero attached hydrogens (tertiary/aromatic N) is 7. The molecule has 14 nitrogen and oxygen atoms in total. The van der Waals surface area contributed by atoms with Gasteiger partial charge in [0.15, 0.2) is 11.7 Å². The highest BCUT2D eigenvalue weighted by Crippen LogP contribution is 2.39. The number of hydrogen-bond donors (Lipinski definition) is 3. The molecule has 6 aromatic heterocycles. The molecule has 62 heavy (non-hydrogen) atoms. The van der Waals surface area contributed by atoms with Gasteiger partial charge in [-0.1, -0.05) is 43.8 Å². The number of fused-ring (bicyclic) bond motifs is 2. The van der Waals surface area contributed by atoms with Crippen LogP contribution < -0.4 is 20.4 Å². The minimum absolute atomic E-state index is 0. The lowest BCUT2D eigenvalue weighted by Crippen LogP contribution is -2.33. The van der Waals surface area contributed by atoms with E-state index in [-0.39, 0.29) is 19.5 Å². The minimum atomic E-state index is -0.0811. The second-order valence-electron chi connectivity index (χ2n) is 14.1. The molecule has 2 aliphatic rings. The third kappa shape index (κ3) is 9.56. The zero-order valence-corrected chi connectivity index (χ0v) is 37.5. The molecule has 0 amide bonds. The van der Waals surface area contributed by atoms with Crippen LogP contribution in [0.5, 0.6) is 11.8 Å². The maximum absolute atomic E-state index is 5.68. The summed E-state index contributed by atoms with van der Waals surface area (Å²) in [5.41, 5.74) is 12.5. The number of rotatable bonds is 7. The third-order valence-electron chi connectivity index (χ3n) is 9.91. The number of hydrogen-bond acceptors (Lipinski definition) is 14. The fourth-order valence-electron chi connectivity index (χ4n) is 6.83. The van der Waals surface area contributed by atoms with Crippen molar-refractivity contribution >= 4 is 70.4 Å². The van der Waals surface area contributed by atoms with Crippen LogP contribution in [0.1, 0.15) is 63.2 Å². The van der Waals surface area contributed by atoms with Crippen LogP contribution in [0.2, 0.25) is 0 Å². The number of aromatic nitrogens is 6. The molecule has 0 radical (unpaired) electrons. The van der Waals surface area contributed by atoms with Gasteiger partial charge in [-0.3, -0.25) is 19.7 Å². The van der Waals surface area contributed by atoms with Crippen molar-refractivity contribution in [2.75, 3.05) is 27.4 Å². The van der Waals surface area contributed by atoms with E-state index in [9.17, 15) is 0 Å². The summed E-state index contributed by atoms with van der Waals surface area (Å²) < 4.78 is 16.0. The highest BCUT2D eigenvalue weighted by Gasteiger charge is 2.26. The Morgan fingerprint density at radius 1 is 0.726 bits per heavy atom. The van der Waals surface area contributed by atoms with Gasteiger partial charge in [0.05, 0.1) is 37.0 Å². The number of thiophene rings is 2. The number of aliphatic imine (C=N–C) groups is 2. The number of methoxy groups -OCH3 is 2. The molecule has 10 rings (SSSR count). The van der Waals surface area contributed by atoms with E-state index >= 15 is 0 Å². The summed E-state index contributed by atoms with van der Waals surface area (Å²) in [6.45, 7) is 9.16. The van der Waals surface area contributed by atoms with Crippen LogP contribution in [-0.4, -0.2) is 68.6 Å². The molecule has 2 aliphatic heterocycles. The number of amidine groups is 2. The van der Waals surface area contributed by atoms with Crippen molar-refractivity contribution in [2.24, 2.45) is 9.98 Å². The smallest absolute Gasteiger partial charge is 0.238 e. The SMILES string of the molecule is C.COc1nc(C2=NC(c3sc4ccccc4c3C)CON2)ccc1-n1cnc(C)c1.COc1nc(C2=NC(c3sc4ccccc4c3C)CON2)ccc1Br.Cc1cnc[nH]1. The summed E-state index contributed by atoms with van der Waals surface area (Å²) in [5, 5.41) is 2.55. The summed E-state index contributed by atoms with van der Waals surface area (Å²) in [7, 11) is 3.20. The predicted octanol–water partition coefficient (Wildman–Crippen LogP) is 9.88. The van der Waals surface area contributed by atoms with E-state index in [1.165, 1.54) is 41.1 Å². The zero-order valence-electron chi connectivity index (χ0n) is 34.3. The number of hydroxylamine groups is 2. The number of imidazole rings is 2. The van der Waals surface area contributed by atoms with Gasteiger partial charge < -0.3 is 19.0 Å². The molecular formula is C45H47BrN10O4S2. The third-order valence-corrected chi connectivity index (χ3v) is 13.3. The molecule has 3 N–H and O–H groups in total. The van der Waals surface area contributed by atoms with Crippen molar-refractivity contribution in [3.05, 3.63) is 146 Å². The molecule has 0 fully saturated rings. The Kier molecular flexibility index (Phi) is 14.1. The van der Waals surface area contributed by atoms with Gasteiger partial charge >= 0.3 is 0 Å². The summed E-state index contributed by atoms with van der Waals surface area (Å²) in [6.07, 6.45) is 7.11. The highest BCUT2D eigenvalue weighted by molar-refractivity contribution is 9.10. The second kappa shape index (κ2) is 19.8. The van der Waals surface area contributed by atoms with Crippen LogP contribution in [0.4, 0.5) is 0 Å². The molecule has 320 valence electrons. The first-order valence-electron chi connectivity index (χ1n) is 19.3. The first kappa shape index (κ1) is 44.1. The van der Waals surface area contributed by atoms with Crippen LogP contribution in [0.3, 0.4) is 0 Å². The number of aromatic amines is 1. The van der Waals surface area contributed by atoms with E-state index in [1.54, 1.807) is 55.7 Å². The Labute approximate surface area is 376 Å². The van der Waals surface area contributed by atoms with E-state index in [4.69, 9.17) is 29.1 Å². The van der Waals surface area contributed by atoms with Gasteiger partial charge in [-0.15, -0.1) is 22.7 Å². The summed E-state index contributed by atoms with van der Waals surface area (Å²) in [5.74, 6) is 2.21. The van der Waals surface area contributed by atoms with E-state index in [0.717, 1.165) is 21.5 Å². The number of pyridine rings is 2. The van der Waals surface area contributed by atoms with Crippen molar-refractivity contribution in [3.63, 3.8) is 0 Å². The van der Waals surface area contributed by atoms with E-state index in [2.05, 4.69) is 114 Å². The van der Waals surface area contributed by atoms with Crippen LogP contribution in [0, 0.1) is 27.7 Å². The first-order chi connectivity index (χ1) is 29.7. The lowest BCUT2D eigenvalue weighted by Gasteiger charge is -2.22. The van der Waals surface area contributed by atoms with Crippen molar-refractivity contribution in [1.29, 1.82) is 0 Å². The summed E-state index contributed by atoms with van der Waals surface area (Å²) in [6, 6.07) is 24.3. The zero-order chi connectivity index (χ0) is 42.5. The minimum Gasteiger partial charge on any atom is -0.480 e.